The number of aromatic amines is 1. The number of nitrogens with one attached hydrogen (secondary N) is 2. The zero-order valence-electron chi connectivity index (χ0n) is 17.5. The first-order valence-electron chi connectivity index (χ1n) is 10.6. The molecule has 2 amide bonds. The number of H-pyrrole nitrogens is 1. The summed E-state index contributed by atoms with van der Waals surface area (Å²) in [5, 5.41) is 7.17. The summed E-state index contributed by atoms with van der Waals surface area (Å²) in [6.07, 6.45) is 2.77. The Hall–Kier alpha value is -2.67. The number of thiazole rings is 1. The molecule has 0 aliphatic carbocycles. The molecule has 1 atom stereocenters. The quantitative estimate of drug-likeness (QED) is 0.629. The van der Waals surface area contributed by atoms with E-state index in [2.05, 4.69) is 15.7 Å². The molecular weight excluding hydrogens is 396 g/mol. The van der Waals surface area contributed by atoms with Gasteiger partial charge in [-0.05, 0) is 25.0 Å². The second-order valence-corrected chi connectivity index (χ2v) is 9.12. The molecule has 2 N–H and O–H groups in total. The monoisotopic (exact) mass is 424 g/mol. The largest absolute Gasteiger partial charge is 0.355 e. The first-order valence-corrected chi connectivity index (χ1v) is 11.5. The SMILES string of the molecule is CC(C)C(=O)NCCc1csc([C@@H]2CCCN(C(=O)c3cc4ccccc4[nH]3)C2)n1. The van der Waals surface area contributed by atoms with E-state index in [1.54, 1.807) is 11.3 Å². The molecular formula is C23H28N4O2S. The minimum Gasteiger partial charge on any atom is -0.355 e. The highest BCUT2D eigenvalue weighted by molar-refractivity contribution is 7.09. The predicted molar refractivity (Wildman–Crippen MR) is 120 cm³/mol. The summed E-state index contributed by atoms with van der Waals surface area (Å²) >= 11 is 1.66. The summed E-state index contributed by atoms with van der Waals surface area (Å²) in [5.41, 5.74) is 2.65. The molecule has 0 radical (unpaired) electrons. The van der Waals surface area contributed by atoms with Gasteiger partial charge >= 0.3 is 0 Å². The predicted octanol–water partition coefficient (Wildman–Crippen LogP) is 3.96. The van der Waals surface area contributed by atoms with Crippen molar-refractivity contribution in [2.75, 3.05) is 19.6 Å². The average molecular weight is 425 g/mol. The smallest absolute Gasteiger partial charge is 0.270 e. The number of fused-ring (bicyclic) bond motifs is 1. The maximum atomic E-state index is 13.0. The van der Waals surface area contributed by atoms with Gasteiger partial charge in [-0.15, -0.1) is 11.3 Å². The Morgan fingerprint density at radius 1 is 1.33 bits per heavy atom. The molecule has 0 unspecified atom stereocenters. The van der Waals surface area contributed by atoms with Gasteiger partial charge in [0.2, 0.25) is 5.91 Å². The molecule has 0 saturated carbocycles. The van der Waals surface area contributed by atoms with Crippen molar-refractivity contribution in [3.63, 3.8) is 0 Å². The molecule has 0 bridgehead atoms. The number of nitrogens with zero attached hydrogens (tertiary/aromatic N) is 2. The minimum absolute atomic E-state index is 0.000909. The fourth-order valence-corrected chi connectivity index (χ4v) is 4.85. The van der Waals surface area contributed by atoms with E-state index in [1.165, 1.54) is 0 Å². The molecule has 1 aromatic carbocycles. The number of hydrogen-bond donors (Lipinski definition) is 2. The molecule has 1 fully saturated rings. The Bertz CT molecular complexity index is 1010. The van der Waals surface area contributed by atoms with Crippen LogP contribution in [0.2, 0.25) is 0 Å². The molecule has 3 heterocycles. The number of benzene rings is 1. The van der Waals surface area contributed by atoms with E-state index < -0.39 is 0 Å². The Morgan fingerprint density at radius 3 is 2.97 bits per heavy atom. The second kappa shape index (κ2) is 9.00. The van der Waals surface area contributed by atoms with Crippen LogP contribution in [-0.2, 0) is 11.2 Å². The van der Waals surface area contributed by atoms with E-state index in [1.807, 2.05) is 49.1 Å². The molecule has 1 saturated heterocycles. The van der Waals surface area contributed by atoms with Crippen LogP contribution >= 0.6 is 11.3 Å². The van der Waals surface area contributed by atoms with Gasteiger partial charge in [-0.1, -0.05) is 32.0 Å². The van der Waals surface area contributed by atoms with E-state index in [0.29, 0.717) is 18.8 Å². The highest BCUT2D eigenvalue weighted by atomic mass is 32.1. The maximum Gasteiger partial charge on any atom is 0.270 e. The van der Waals surface area contributed by atoms with Crippen molar-refractivity contribution in [1.29, 1.82) is 0 Å². The van der Waals surface area contributed by atoms with Crippen LogP contribution in [0.3, 0.4) is 0 Å². The van der Waals surface area contributed by atoms with Gasteiger partial charge in [0.1, 0.15) is 5.69 Å². The summed E-state index contributed by atoms with van der Waals surface area (Å²) in [5.74, 6) is 0.406. The van der Waals surface area contributed by atoms with Crippen LogP contribution in [0, 0.1) is 5.92 Å². The minimum atomic E-state index is -0.000909. The van der Waals surface area contributed by atoms with E-state index in [-0.39, 0.29) is 23.7 Å². The molecule has 1 aliphatic heterocycles. The highest BCUT2D eigenvalue weighted by Gasteiger charge is 2.28. The number of piperidine rings is 1. The van der Waals surface area contributed by atoms with Crippen LogP contribution in [0.1, 0.15) is 53.8 Å². The third-order valence-electron chi connectivity index (χ3n) is 5.59. The van der Waals surface area contributed by atoms with Gasteiger partial charge < -0.3 is 15.2 Å². The third kappa shape index (κ3) is 4.56. The fraction of sp³-hybridized carbons (Fsp3) is 0.435. The number of amides is 2. The van der Waals surface area contributed by atoms with Gasteiger partial charge in [0.15, 0.2) is 0 Å². The molecule has 158 valence electrons. The topological polar surface area (TPSA) is 78.1 Å². The number of rotatable bonds is 6. The number of carbonyl (C=O) groups is 2. The molecule has 4 rings (SSSR count). The molecule has 6 nitrogen and oxygen atoms in total. The summed E-state index contributed by atoms with van der Waals surface area (Å²) in [6.45, 7) is 5.87. The molecule has 1 aliphatic rings. The Balaban J connectivity index is 1.37. The Kier molecular flexibility index (Phi) is 6.18. The lowest BCUT2D eigenvalue weighted by Crippen LogP contribution is -2.39. The number of para-hydroxylation sites is 1. The number of likely N-dealkylation sites (tertiary alicyclic amines) is 1. The van der Waals surface area contributed by atoms with Gasteiger partial charge in [-0.25, -0.2) is 4.98 Å². The Labute approximate surface area is 180 Å². The van der Waals surface area contributed by atoms with Gasteiger partial charge in [0.05, 0.1) is 10.7 Å². The van der Waals surface area contributed by atoms with Crippen molar-refractivity contribution < 1.29 is 9.59 Å². The molecule has 7 heteroatoms. The first kappa shape index (κ1) is 20.6. The van der Waals surface area contributed by atoms with Crippen molar-refractivity contribution in [3.8, 4) is 0 Å². The van der Waals surface area contributed by atoms with Crippen molar-refractivity contribution >= 4 is 34.1 Å². The van der Waals surface area contributed by atoms with Gasteiger partial charge in [0, 0.05) is 54.2 Å². The van der Waals surface area contributed by atoms with Crippen LogP contribution in [-0.4, -0.2) is 46.3 Å². The number of carbonyl (C=O) groups excluding carboxylic acids is 2. The average Bonchev–Trinajstić information content (AvgIpc) is 3.40. The first-order chi connectivity index (χ1) is 14.5. The van der Waals surface area contributed by atoms with Crippen molar-refractivity contribution in [2.24, 2.45) is 5.92 Å². The molecule has 3 aromatic rings. The van der Waals surface area contributed by atoms with E-state index >= 15 is 0 Å². The van der Waals surface area contributed by atoms with Crippen LogP contribution < -0.4 is 5.32 Å². The van der Waals surface area contributed by atoms with Crippen LogP contribution in [0.25, 0.3) is 10.9 Å². The summed E-state index contributed by atoms with van der Waals surface area (Å²) in [4.78, 5) is 34.7. The zero-order valence-corrected chi connectivity index (χ0v) is 18.3. The third-order valence-corrected chi connectivity index (χ3v) is 6.65. The van der Waals surface area contributed by atoms with Crippen LogP contribution in [0.5, 0.6) is 0 Å². The fourth-order valence-electron chi connectivity index (χ4n) is 3.86. The lowest BCUT2D eigenvalue weighted by molar-refractivity contribution is -0.123. The van der Waals surface area contributed by atoms with Gasteiger partial charge in [-0.3, -0.25) is 9.59 Å². The highest BCUT2D eigenvalue weighted by Crippen LogP contribution is 2.30. The van der Waals surface area contributed by atoms with Gasteiger partial charge in [-0.2, -0.15) is 0 Å². The van der Waals surface area contributed by atoms with E-state index in [4.69, 9.17) is 4.98 Å². The lowest BCUT2D eigenvalue weighted by atomic mass is 9.98. The van der Waals surface area contributed by atoms with E-state index in [0.717, 1.165) is 47.4 Å². The zero-order chi connectivity index (χ0) is 21.1. The van der Waals surface area contributed by atoms with Crippen LogP contribution in [0.4, 0.5) is 0 Å². The molecule has 30 heavy (non-hydrogen) atoms. The van der Waals surface area contributed by atoms with Crippen molar-refractivity contribution in [1.82, 2.24) is 20.2 Å². The second-order valence-electron chi connectivity index (χ2n) is 8.23. The number of hydrogen-bond acceptors (Lipinski definition) is 4. The van der Waals surface area contributed by atoms with Crippen molar-refractivity contribution in [3.05, 3.63) is 52.1 Å². The lowest BCUT2D eigenvalue weighted by Gasteiger charge is -2.31. The molecule has 0 spiro atoms. The molecule has 2 aromatic heterocycles. The van der Waals surface area contributed by atoms with Crippen molar-refractivity contribution in [2.45, 2.75) is 39.0 Å². The normalized spacial score (nSPS) is 16.9. The van der Waals surface area contributed by atoms with Crippen LogP contribution in [0.15, 0.2) is 35.7 Å². The maximum absolute atomic E-state index is 13.0. The van der Waals surface area contributed by atoms with Gasteiger partial charge in [0.25, 0.3) is 5.91 Å². The Morgan fingerprint density at radius 2 is 2.17 bits per heavy atom. The van der Waals surface area contributed by atoms with E-state index in [9.17, 15) is 9.59 Å². The summed E-state index contributed by atoms with van der Waals surface area (Å²) < 4.78 is 0. The number of aromatic nitrogens is 2. The summed E-state index contributed by atoms with van der Waals surface area (Å²) in [7, 11) is 0. The summed E-state index contributed by atoms with van der Waals surface area (Å²) in [6, 6.07) is 9.90. The standard InChI is InChI=1S/C23H28N4O2S/c1-15(2)21(28)24-10-9-18-14-30-22(25-18)17-7-5-11-27(13-17)23(29)20-12-16-6-3-4-8-19(16)26-20/h3-4,6,8,12,14-15,17,26H,5,7,9-11,13H2,1-2H3,(H,24,28)/t17-/m1/s1.